The van der Waals surface area contributed by atoms with Crippen molar-refractivity contribution in [2.45, 2.75) is 19.3 Å². The van der Waals surface area contributed by atoms with Gasteiger partial charge in [-0.2, -0.15) is 13.2 Å². The minimum Gasteiger partial charge on any atom is -0.468 e. The van der Waals surface area contributed by atoms with Gasteiger partial charge in [0, 0.05) is 32.1 Å². The van der Waals surface area contributed by atoms with Crippen LogP contribution in [0.15, 0.2) is 42.7 Å². The molecule has 0 saturated carbocycles. The molecule has 0 saturated heterocycles. The maximum absolute atomic E-state index is 12.1. The van der Waals surface area contributed by atoms with Crippen LogP contribution in [-0.4, -0.2) is 40.7 Å². The summed E-state index contributed by atoms with van der Waals surface area (Å²) in [6.45, 7) is -0.943. The fourth-order valence-corrected chi connectivity index (χ4v) is 1.91. The molecule has 0 radical (unpaired) electrons. The Bertz CT molecular complexity index is 695. The largest absolute Gasteiger partial charge is 0.468 e. The van der Waals surface area contributed by atoms with Crippen molar-refractivity contribution in [2.75, 3.05) is 13.7 Å². The Labute approximate surface area is 142 Å². The Morgan fingerprint density at radius 3 is 2.72 bits per heavy atom. The first kappa shape index (κ1) is 18.5. The van der Waals surface area contributed by atoms with Crippen LogP contribution in [0.25, 0.3) is 0 Å². The number of alkyl halides is 3. The zero-order chi connectivity index (χ0) is 18.3. The monoisotopic (exact) mass is 354 g/mol. The lowest BCUT2D eigenvalue weighted by Crippen LogP contribution is -2.36. The van der Waals surface area contributed by atoms with E-state index in [0.29, 0.717) is 12.1 Å². The highest BCUT2D eigenvalue weighted by Crippen LogP contribution is 2.17. The second-order valence-corrected chi connectivity index (χ2v) is 5.24. The third-order valence-corrected chi connectivity index (χ3v) is 3.10. The van der Waals surface area contributed by atoms with Crippen molar-refractivity contribution in [1.29, 1.82) is 0 Å². The lowest BCUT2D eigenvalue weighted by molar-refractivity contribution is -0.154. The number of carbonyl (C=O) groups excluding carboxylic acids is 1. The van der Waals surface area contributed by atoms with E-state index in [0.717, 1.165) is 5.69 Å². The number of urea groups is 1. The number of hydrogen-bond acceptors (Lipinski definition) is 4. The van der Waals surface area contributed by atoms with E-state index in [1.54, 1.807) is 31.4 Å². The molecule has 2 rings (SSSR count). The molecule has 2 aromatic heterocycles. The van der Waals surface area contributed by atoms with Crippen molar-refractivity contribution in [3.63, 3.8) is 0 Å². The number of hydrogen-bond donors (Lipinski definition) is 1. The number of rotatable bonds is 6. The van der Waals surface area contributed by atoms with E-state index in [9.17, 15) is 18.0 Å². The van der Waals surface area contributed by atoms with Gasteiger partial charge in [0.15, 0.2) is 6.61 Å². The zero-order valence-electron chi connectivity index (χ0n) is 13.5. The van der Waals surface area contributed by atoms with Gasteiger partial charge >= 0.3 is 12.2 Å². The molecule has 1 N–H and O–H groups in total. The molecule has 0 unspecified atom stereocenters. The Morgan fingerprint density at radius 2 is 2.04 bits per heavy atom. The van der Waals surface area contributed by atoms with Gasteiger partial charge in [0.25, 0.3) is 0 Å². The van der Waals surface area contributed by atoms with E-state index in [1.807, 2.05) is 6.07 Å². The number of carbonyl (C=O) groups is 1. The van der Waals surface area contributed by atoms with Crippen molar-refractivity contribution < 1.29 is 22.7 Å². The summed E-state index contributed by atoms with van der Waals surface area (Å²) < 4.78 is 41.0. The third kappa shape index (κ3) is 6.66. The SMILES string of the molecule is CN(Cc1ccccn1)C(=O)NCc1ccnc(OCC(F)(F)F)c1. The first-order valence-corrected chi connectivity index (χ1v) is 7.37. The van der Waals surface area contributed by atoms with Gasteiger partial charge in [-0.05, 0) is 23.8 Å². The lowest BCUT2D eigenvalue weighted by Gasteiger charge is -2.17. The summed E-state index contributed by atoms with van der Waals surface area (Å²) in [7, 11) is 1.62. The van der Waals surface area contributed by atoms with Crippen LogP contribution in [0, 0.1) is 0 Å². The standard InChI is InChI=1S/C16H17F3N4O2/c1-23(10-13-4-2-3-6-20-13)15(24)22-9-12-5-7-21-14(8-12)25-11-16(17,18)19/h2-8H,9-11H2,1H3,(H,22,24). The van der Waals surface area contributed by atoms with Gasteiger partial charge in [-0.15, -0.1) is 0 Å². The van der Waals surface area contributed by atoms with Crippen LogP contribution < -0.4 is 10.1 Å². The normalized spacial score (nSPS) is 11.0. The summed E-state index contributed by atoms with van der Waals surface area (Å²) in [6, 6.07) is 8.01. The highest BCUT2D eigenvalue weighted by atomic mass is 19.4. The molecule has 0 bridgehead atoms. The Hall–Kier alpha value is -2.84. The molecule has 2 amide bonds. The van der Waals surface area contributed by atoms with Crippen molar-refractivity contribution in [2.24, 2.45) is 0 Å². The van der Waals surface area contributed by atoms with Crippen molar-refractivity contribution in [1.82, 2.24) is 20.2 Å². The van der Waals surface area contributed by atoms with Gasteiger partial charge in [-0.1, -0.05) is 6.07 Å². The third-order valence-electron chi connectivity index (χ3n) is 3.10. The fourth-order valence-electron chi connectivity index (χ4n) is 1.91. The molecule has 6 nitrogen and oxygen atoms in total. The molecule has 2 heterocycles. The number of nitrogens with zero attached hydrogens (tertiary/aromatic N) is 3. The summed E-state index contributed by atoms with van der Waals surface area (Å²) in [5.41, 5.74) is 1.32. The van der Waals surface area contributed by atoms with Gasteiger partial charge < -0.3 is 15.0 Å². The molecule has 134 valence electrons. The summed E-state index contributed by atoms with van der Waals surface area (Å²) >= 11 is 0. The van der Waals surface area contributed by atoms with Crippen LogP contribution in [0.4, 0.5) is 18.0 Å². The molecular formula is C16H17F3N4O2. The van der Waals surface area contributed by atoms with Crippen molar-refractivity contribution in [3.8, 4) is 5.88 Å². The van der Waals surface area contributed by atoms with Gasteiger partial charge in [-0.3, -0.25) is 4.98 Å². The second-order valence-electron chi connectivity index (χ2n) is 5.24. The molecule has 9 heteroatoms. The molecule has 0 aromatic carbocycles. The van der Waals surface area contributed by atoms with E-state index in [2.05, 4.69) is 20.0 Å². The zero-order valence-corrected chi connectivity index (χ0v) is 13.5. The second kappa shape index (κ2) is 8.32. The predicted octanol–water partition coefficient (Wildman–Crippen LogP) is 2.76. The average Bonchev–Trinajstić information content (AvgIpc) is 2.58. The smallest absolute Gasteiger partial charge is 0.422 e. The summed E-state index contributed by atoms with van der Waals surface area (Å²) in [6.07, 6.45) is -1.47. The van der Waals surface area contributed by atoms with E-state index in [1.165, 1.54) is 17.2 Å². The summed E-state index contributed by atoms with van der Waals surface area (Å²) in [5, 5.41) is 2.67. The summed E-state index contributed by atoms with van der Waals surface area (Å²) in [4.78, 5) is 21.3. The number of aromatic nitrogens is 2. The van der Waals surface area contributed by atoms with Crippen LogP contribution in [0.3, 0.4) is 0 Å². The first-order chi connectivity index (χ1) is 11.8. The highest BCUT2D eigenvalue weighted by molar-refractivity contribution is 5.73. The van der Waals surface area contributed by atoms with Crippen LogP contribution in [0.2, 0.25) is 0 Å². The number of ether oxygens (including phenoxy) is 1. The maximum atomic E-state index is 12.1. The van der Waals surface area contributed by atoms with E-state index in [-0.39, 0.29) is 18.5 Å². The summed E-state index contributed by atoms with van der Waals surface area (Å²) in [5.74, 6) is -0.147. The van der Waals surface area contributed by atoms with E-state index < -0.39 is 12.8 Å². The molecule has 25 heavy (non-hydrogen) atoms. The lowest BCUT2D eigenvalue weighted by atomic mass is 10.2. The van der Waals surface area contributed by atoms with Crippen LogP contribution >= 0.6 is 0 Å². The van der Waals surface area contributed by atoms with Gasteiger partial charge in [0.1, 0.15) is 0 Å². The maximum Gasteiger partial charge on any atom is 0.422 e. The van der Waals surface area contributed by atoms with Crippen LogP contribution in [-0.2, 0) is 13.1 Å². The minimum absolute atomic E-state index is 0.135. The molecular weight excluding hydrogens is 337 g/mol. The number of halogens is 3. The number of nitrogens with one attached hydrogen (secondary N) is 1. The molecule has 0 aliphatic heterocycles. The molecule has 0 aliphatic carbocycles. The minimum atomic E-state index is -4.43. The number of amides is 2. The van der Waals surface area contributed by atoms with Crippen LogP contribution in [0.1, 0.15) is 11.3 Å². The van der Waals surface area contributed by atoms with Crippen molar-refractivity contribution >= 4 is 6.03 Å². The van der Waals surface area contributed by atoms with Gasteiger partial charge in [-0.25, -0.2) is 9.78 Å². The van der Waals surface area contributed by atoms with Gasteiger partial charge in [0.2, 0.25) is 5.88 Å². The Balaban J connectivity index is 1.84. The van der Waals surface area contributed by atoms with Gasteiger partial charge in [0.05, 0.1) is 12.2 Å². The van der Waals surface area contributed by atoms with E-state index >= 15 is 0 Å². The predicted molar refractivity (Wildman–Crippen MR) is 83.7 cm³/mol. The molecule has 2 aromatic rings. The Morgan fingerprint density at radius 1 is 1.24 bits per heavy atom. The first-order valence-electron chi connectivity index (χ1n) is 7.37. The highest BCUT2D eigenvalue weighted by Gasteiger charge is 2.28. The molecule has 0 spiro atoms. The van der Waals surface area contributed by atoms with Crippen LogP contribution in [0.5, 0.6) is 5.88 Å². The fraction of sp³-hybridized carbons (Fsp3) is 0.312. The average molecular weight is 354 g/mol. The van der Waals surface area contributed by atoms with Crippen molar-refractivity contribution in [3.05, 3.63) is 54.0 Å². The molecule has 0 aliphatic rings. The molecule has 0 fully saturated rings. The topological polar surface area (TPSA) is 67.4 Å². The number of pyridine rings is 2. The van der Waals surface area contributed by atoms with E-state index in [4.69, 9.17) is 0 Å². The molecule has 0 atom stereocenters. The Kier molecular flexibility index (Phi) is 6.15. The quantitative estimate of drug-likeness (QED) is 0.866.